The smallest absolute Gasteiger partial charge is 0.251 e. The van der Waals surface area contributed by atoms with Crippen molar-refractivity contribution in [1.29, 1.82) is 0 Å². The van der Waals surface area contributed by atoms with E-state index in [2.05, 4.69) is 5.32 Å². The molecule has 0 spiro atoms. The number of carbonyl (C=O) groups is 1. The van der Waals surface area contributed by atoms with Crippen LogP contribution in [0.3, 0.4) is 0 Å². The van der Waals surface area contributed by atoms with E-state index < -0.39 is 0 Å². The van der Waals surface area contributed by atoms with E-state index in [0.717, 1.165) is 17.1 Å². The van der Waals surface area contributed by atoms with Crippen molar-refractivity contribution in [2.24, 2.45) is 0 Å². The number of amides is 1. The molecule has 0 radical (unpaired) electrons. The van der Waals surface area contributed by atoms with Gasteiger partial charge in [-0.1, -0.05) is 0 Å². The minimum Gasteiger partial charge on any atom is -0.506 e. The fraction of sp³-hybridized carbons (Fsp3) is 0.267. The number of aryl methyl sites for hydroxylation is 2. The molecule has 0 bridgehead atoms. The van der Waals surface area contributed by atoms with Gasteiger partial charge in [-0.3, -0.25) is 4.79 Å². The first-order valence-electron chi connectivity index (χ1n) is 6.34. The Bertz CT molecular complexity index is 647. The summed E-state index contributed by atoms with van der Waals surface area (Å²) in [5.74, 6) is 1.23. The van der Waals surface area contributed by atoms with Gasteiger partial charge >= 0.3 is 0 Å². The molecule has 0 saturated heterocycles. The topological polar surface area (TPSA) is 88.5 Å². The number of nitrogen functional groups attached to an aromatic ring is 1. The van der Waals surface area contributed by atoms with Gasteiger partial charge in [0.15, 0.2) is 0 Å². The predicted molar refractivity (Wildman–Crippen MR) is 76.6 cm³/mol. The molecule has 0 aliphatic carbocycles. The van der Waals surface area contributed by atoms with Crippen molar-refractivity contribution in [2.45, 2.75) is 26.8 Å². The lowest BCUT2D eigenvalue weighted by atomic mass is 10.1. The molecule has 5 nitrogen and oxygen atoms in total. The molecule has 5 heteroatoms. The standard InChI is InChI=1S/C15H18N2O3/c1-8-6-12(10(3)20-8)9(2)17-15(19)11-4-5-13(16)14(18)7-11/h4-7,9,18H,16H2,1-3H3,(H,17,19). The number of benzene rings is 1. The fourth-order valence-electron chi connectivity index (χ4n) is 2.12. The minimum absolute atomic E-state index is 0.0966. The number of furan rings is 1. The highest BCUT2D eigenvalue weighted by atomic mass is 16.3. The average Bonchev–Trinajstić information content (AvgIpc) is 2.71. The summed E-state index contributed by atoms with van der Waals surface area (Å²) < 4.78 is 5.45. The lowest BCUT2D eigenvalue weighted by molar-refractivity contribution is 0.0939. The van der Waals surface area contributed by atoms with E-state index in [1.165, 1.54) is 12.1 Å². The van der Waals surface area contributed by atoms with Gasteiger partial charge in [0.2, 0.25) is 0 Å². The molecule has 1 atom stereocenters. The molecular weight excluding hydrogens is 256 g/mol. The Morgan fingerprint density at radius 1 is 1.35 bits per heavy atom. The highest BCUT2D eigenvalue weighted by molar-refractivity contribution is 5.95. The Kier molecular flexibility index (Phi) is 3.70. The normalized spacial score (nSPS) is 12.2. The molecule has 0 saturated carbocycles. The third-order valence-corrected chi connectivity index (χ3v) is 3.19. The van der Waals surface area contributed by atoms with Gasteiger partial charge in [0.05, 0.1) is 11.7 Å². The van der Waals surface area contributed by atoms with Crippen LogP contribution in [0.25, 0.3) is 0 Å². The van der Waals surface area contributed by atoms with Gasteiger partial charge in [-0.2, -0.15) is 0 Å². The maximum Gasteiger partial charge on any atom is 0.251 e. The number of rotatable bonds is 3. The third kappa shape index (κ3) is 2.77. The lowest BCUT2D eigenvalue weighted by Crippen LogP contribution is -2.26. The Labute approximate surface area is 117 Å². The molecule has 1 aromatic carbocycles. The number of hydrogen-bond donors (Lipinski definition) is 3. The zero-order valence-electron chi connectivity index (χ0n) is 11.7. The SMILES string of the molecule is Cc1cc(C(C)NC(=O)c2ccc(N)c(O)c2)c(C)o1. The number of phenols is 1. The van der Waals surface area contributed by atoms with E-state index in [-0.39, 0.29) is 23.4 Å². The second-order valence-corrected chi connectivity index (χ2v) is 4.84. The zero-order chi connectivity index (χ0) is 14.9. The molecule has 4 N–H and O–H groups in total. The summed E-state index contributed by atoms with van der Waals surface area (Å²) >= 11 is 0. The van der Waals surface area contributed by atoms with E-state index in [0.29, 0.717) is 5.56 Å². The molecule has 2 aromatic rings. The maximum atomic E-state index is 12.1. The molecule has 1 heterocycles. The van der Waals surface area contributed by atoms with Crippen molar-refractivity contribution in [3.8, 4) is 5.75 Å². The average molecular weight is 274 g/mol. The number of aromatic hydroxyl groups is 1. The Morgan fingerprint density at radius 3 is 2.60 bits per heavy atom. The number of hydrogen-bond acceptors (Lipinski definition) is 4. The van der Waals surface area contributed by atoms with Crippen LogP contribution in [-0.4, -0.2) is 11.0 Å². The van der Waals surface area contributed by atoms with Gasteiger partial charge < -0.3 is 20.6 Å². The van der Waals surface area contributed by atoms with Gasteiger partial charge in [-0.15, -0.1) is 0 Å². The summed E-state index contributed by atoms with van der Waals surface area (Å²) in [6.45, 7) is 5.61. The molecule has 0 aliphatic rings. The van der Waals surface area contributed by atoms with Crippen LogP contribution in [0.15, 0.2) is 28.7 Å². The Balaban J connectivity index is 2.15. The Morgan fingerprint density at radius 2 is 2.05 bits per heavy atom. The minimum atomic E-state index is -0.272. The van der Waals surface area contributed by atoms with Crippen LogP contribution >= 0.6 is 0 Å². The summed E-state index contributed by atoms with van der Waals surface area (Å²) in [4.78, 5) is 12.1. The first-order chi connectivity index (χ1) is 9.38. The highest BCUT2D eigenvalue weighted by Gasteiger charge is 2.16. The van der Waals surface area contributed by atoms with Crippen molar-refractivity contribution in [1.82, 2.24) is 5.32 Å². The molecule has 1 amide bonds. The van der Waals surface area contributed by atoms with Crippen LogP contribution in [0.2, 0.25) is 0 Å². The number of anilines is 1. The van der Waals surface area contributed by atoms with Gasteiger partial charge in [-0.05, 0) is 45.0 Å². The van der Waals surface area contributed by atoms with Gasteiger partial charge in [0.1, 0.15) is 17.3 Å². The molecule has 106 valence electrons. The number of carbonyl (C=O) groups excluding carboxylic acids is 1. The first kappa shape index (κ1) is 14.0. The van der Waals surface area contributed by atoms with E-state index in [4.69, 9.17) is 10.2 Å². The summed E-state index contributed by atoms with van der Waals surface area (Å²) in [6.07, 6.45) is 0. The van der Waals surface area contributed by atoms with Crippen LogP contribution in [0.5, 0.6) is 5.75 Å². The monoisotopic (exact) mass is 274 g/mol. The predicted octanol–water partition coefficient (Wildman–Crippen LogP) is 2.68. The van der Waals surface area contributed by atoms with Crippen LogP contribution in [0.1, 0.15) is 40.4 Å². The maximum absolute atomic E-state index is 12.1. The van der Waals surface area contributed by atoms with Gasteiger partial charge in [-0.25, -0.2) is 0 Å². The number of nitrogens with one attached hydrogen (secondary N) is 1. The van der Waals surface area contributed by atoms with Crippen molar-refractivity contribution in [2.75, 3.05) is 5.73 Å². The molecule has 1 unspecified atom stereocenters. The number of nitrogens with two attached hydrogens (primary N) is 1. The second-order valence-electron chi connectivity index (χ2n) is 4.84. The van der Waals surface area contributed by atoms with E-state index in [1.54, 1.807) is 6.07 Å². The summed E-state index contributed by atoms with van der Waals surface area (Å²) in [5, 5.41) is 12.4. The van der Waals surface area contributed by atoms with Crippen LogP contribution in [-0.2, 0) is 0 Å². The summed E-state index contributed by atoms with van der Waals surface area (Å²) in [7, 11) is 0. The van der Waals surface area contributed by atoms with Crippen molar-refractivity contribution in [3.05, 3.63) is 46.9 Å². The quantitative estimate of drug-likeness (QED) is 0.593. The third-order valence-electron chi connectivity index (χ3n) is 3.19. The Hall–Kier alpha value is -2.43. The van der Waals surface area contributed by atoms with Gasteiger partial charge in [0, 0.05) is 11.1 Å². The highest BCUT2D eigenvalue weighted by Crippen LogP contribution is 2.23. The molecule has 0 fully saturated rings. The molecule has 2 rings (SSSR count). The van der Waals surface area contributed by atoms with Crippen molar-refractivity contribution in [3.63, 3.8) is 0 Å². The summed E-state index contributed by atoms with van der Waals surface area (Å²) in [5.41, 5.74) is 7.06. The van der Waals surface area contributed by atoms with Crippen molar-refractivity contribution >= 4 is 11.6 Å². The number of phenolic OH excluding ortho intramolecular Hbond substituents is 1. The van der Waals surface area contributed by atoms with E-state index in [9.17, 15) is 9.90 Å². The van der Waals surface area contributed by atoms with Gasteiger partial charge in [0.25, 0.3) is 5.91 Å². The second kappa shape index (κ2) is 5.28. The van der Waals surface area contributed by atoms with Crippen LogP contribution < -0.4 is 11.1 Å². The zero-order valence-corrected chi connectivity index (χ0v) is 11.7. The lowest BCUT2D eigenvalue weighted by Gasteiger charge is -2.13. The van der Waals surface area contributed by atoms with E-state index in [1.807, 2.05) is 26.8 Å². The van der Waals surface area contributed by atoms with Crippen LogP contribution in [0, 0.1) is 13.8 Å². The van der Waals surface area contributed by atoms with Crippen LogP contribution in [0.4, 0.5) is 5.69 Å². The van der Waals surface area contributed by atoms with Crippen molar-refractivity contribution < 1.29 is 14.3 Å². The fourth-order valence-corrected chi connectivity index (χ4v) is 2.12. The molecular formula is C15H18N2O3. The molecule has 1 aromatic heterocycles. The van der Waals surface area contributed by atoms with E-state index >= 15 is 0 Å². The summed E-state index contributed by atoms with van der Waals surface area (Å²) in [6, 6.07) is 6.15. The largest absolute Gasteiger partial charge is 0.506 e. The first-order valence-corrected chi connectivity index (χ1v) is 6.34. The molecule has 20 heavy (non-hydrogen) atoms. The molecule has 0 aliphatic heterocycles.